The number of rotatable bonds is 6. The summed E-state index contributed by atoms with van der Waals surface area (Å²) < 4.78 is 5.58. The maximum absolute atomic E-state index is 5.58. The van der Waals surface area contributed by atoms with Crippen molar-refractivity contribution < 1.29 is 4.74 Å². The van der Waals surface area contributed by atoms with Crippen LogP contribution < -0.4 is 10.6 Å². The van der Waals surface area contributed by atoms with Crippen molar-refractivity contribution in [1.82, 2.24) is 15.6 Å². The first kappa shape index (κ1) is 14.8. The highest BCUT2D eigenvalue weighted by Crippen LogP contribution is 2.11. The Morgan fingerprint density at radius 2 is 2.40 bits per heavy atom. The molecule has 0 spiro atoms. The second-order valence-electron chi connectivity index (χ2n) is 4.85. The third kappa shape index (κ3) is 5.17. The van der Waals surface area contributed by atoms with Crippen molar-refractivity contribution in [2.45, 2.75) is 32.3 Å². The lowest BCUT2D eigenvalue weighted by Gasteiger charge is -2.12. The second kappa shape index (κ2) is 8.53. The van der Waals surface area contributed by atoms with Gasteiger partial charge in [-0.15, -0.1) is 0 Å². The number of aromatic nitrogens is 1. The summed E-state index contributed by atoms with van der Waals surface area (Å²) in [5.41, 5.74) is 1.09. The first-order chi connectivity index (χ1) is 9.88. The monoisotopic (exact) mass is 276 g/mol. The van der Waals surface area contributed by atoms with Crippen LogP contribution in [0.15, 0.2) is 29.4 Å². The van der Waals surface area contributed by atoms with Crippen LogP contribution >= 0.6 is 0 Å². The van der Waals surface area contributed by atoms with Crippen molar-refractivity contribution >= 4 is 5.96 Å². The van der Waals surface area contributed by atoms with Gasteiger partial charge in [0.25, 0.3) is 0 Å². The molecular formula is C15H24N4O. The summed E-state index contributed by atoms with van der Waals surface area (Å²) >= 11 is 0. The molecule has 1 aliphatic rings. The Bertz CT molecular complexity index is 402. The van der Waals surface area contributed by atoms with Crippen molar-refractivity contribution in [2.24, 2.45) is 4.99 Å². The van der Waals surface area contributed by atoms with Crippen LogP contribution in [0.25, 0.3) is 0 Å². The molecule has 0 amide bonds. The van der Waals surface area contributed by atoms with E-state index in [1.165, 1.54) is 0 Å². The van der Waals surface area contributed by atoms with Gasteiger partial charge in [-0.05, 0) is 31.9 Å². The molecule has 2 heterocycles. The number of hydrogen-bond donors (Lipinski definition) is 2. The summed E-state index contributed by atoms with van der Waals surface area (Å²) in [6.45, 7) is 5.38. The zero-order valence-corrected chi connectivity index (χ0v) is 12.1. The van der Waals surface area contributed by atoms with E-state index in [1.54, 1.807) is 0 Å². The average molecular weight is 276 g/mol. The molecule has 1 fully saturated rings. The standard InChI is InChI=1S/C15H24N4O/c1-2-16-15(19-12-14-7-5-11-20-14)18-10-8-13-6-3-4-9-17-13/h3-4,6,9,14H,2,5,7-8,10-12H2,1H3,(H2,16,18,19). The lowest BCUT2D eigenvalue weighted by Crippen LogP contribution is -2.39. The van der Waals surface area contributed by atoms with E-state index in [2.05, 4.69) is 27.5 Å². The highest BCUT2D eigenvalue weighted by Gasteiger charge is 2.14. The maximum Gasteiger partial charge on any atom is 0.191 e. The van der Waals surface area contributed by atoms with Gasteiger partial charge < -0.3 is 15.4 Å². The maximum atomic E-state index is 5.58. The molecule has 1 atom stereocenters. The molecule has 0 saturated carbocycles. The Labute approximate surface area is 120 Å². The van der Waals surface area contributed by atoms with Crippen LogP contribution in [0.4, 0.5) is 0 Å². The lowest BCUT2D eigenvalue weighted by molar-refractivity contribution is 0.117. The van der Waals surface area contributed by atoms with E-state index in [9.17, 15) is 0 Å². The molecule has 0 aliphatic carbocycles. The highest BCUT2D eigenvalue weighted by atomic mass is 16.5. The van der Waals surface area contributed by atoms with Crippen molar-refractivity contribution in [2.75, 3.05) is 26.2 Å². The Hall–Kier alpha value is -1.62. The lowest BCUT2D eigenvalue weighted by atomic mass is 10.2. The summed E-state index contributed by atoms with van der Waals surface area (Å²) in [5, 5.41) is 6.59. The average Bonchev–Trinajstić information content (AvgIpc) is 2.99. The molecule has 20 heavy (non-hydrogen) atoms. The SMILES string of the molecule is CCNC(=NCC1CCCO1)NCCc1ccccn1. The van der Waals surface area contributed by atoms with Gasteiger partial charge in [-0.3, -0.25) is 9.98 Å². The van der Waals surface area contributed by atoms with Crippen LogP contribution in [0.5, 0.6) is 0 Å². The number of guanidine groups is 1. The van der Waals surface area contributed by atoms with Crippen molar-refractivity contribution in [3.63, 3.8) is 0 Å². The van der Waals surface area contributed by atoms with Crippen LogP contribution in [-0.2, 0) is 11.2 Å². The van der Waals surface area contributed by atoms with E-state index < -0.39 is 0 Å². The quantitative estimate of drug-likeness (QED) is 0.608. The number of nitrogens with zero attached hydrogens (tertiary/aromatic N) is 2. The normalized spacial score (nSPS) is 19.1. The summed E-state index contributed by atoms with van der Waals surface area (Å²) in [6.07, 6.45) is 5.29. The molecule has 1 aliphatic heterocycles. The van der Waals surface area contributed by atoms with Gasteiger partial charge in [0.15, 0.2) is 5.96 Å². The number of ether oxygens (including phenoxy) is 1. The zero-order valence-electron chi connectivity index (χ0n) is 12.1. The largest absolute Gasteiger partial charge is 0.376 e. The molecule has 2 N–H and O–H groups in total. The van der Waals surface area contributed by atoms with E-state index in [-0.39, 0.29) is 0 Å². The van der Waals surface area contributed by atoms with Crippen LogP contribution in [0, 0.1) is 0 Å². The van der Waals surface area contributed by atoms with Gasteiger partial charge >= 0.3 is 0 Å². The van der Waals surface area contributed by atoms with Gasteiger partial charge in [0.1, 0.15) is 0 Å². The number of hydrogen-bond acceptors (Lipinski definition) is 3. The van der Waals surface area contributed by atoms with Gasteiger partial charge in [-0.25, -0.2) is 0 Å². The predicted octanol–water partition coefficient (Wildman–Crippen LogP) is 1.36. The molecular weight excluding hydrogens is 252 g/mol. The molecule has 1 aromatic heterocycles. The van der Waals surface area contributed by atoms with Crippen LogP contribution in [0.2, 0.25) is 0 Å². The Kier molecular flexibility index (Phi) is 6.31. The number of pyridine rings is 1. The number of aliphatic imine (C=N–C) groups is 1. The fourth-order valence-electron chi connectivity index (χ4n) is 2.18. The van der Waals surface area contributed by atoms with Gasteiger partial charge in [0.05, 0.1) is 12.6 Å². The molecule has 0 radical (unpaired) electrons. The van der Waals surface area contributed by atoms with Crippen LogP contribution in [0.1, 0.15) is 25.5 Å². The first-order valence-corrected chi connectivity index (χ1v) is 7.42. The van der Waals surface area contributed by atoms with E-state index in [4.69, 9.17) is 4.74 Å². The van der Waals surface area contributed by atoms with Crippen molar-refractivity contribution in [3.8, 4) is 0 Å². The predicted molar refractivity (Wildman–Crippen MR) is 80.9 cm³/mol. The molecule has 0 bridgehead atoms. The van der Waals surface area contributed by atoms with E-state index in [0.29, 0.717) is 6.10 Å². The molecule has 2 rings (SSSR count). The van der Waals surface area contributed by atoms with Gasteiger partial charge in [-0.2, -0.15) is 0 Å². The van der Waals surface area contributed by atoms with Crippen LogP contribution in [-0.4, -0.2) is 43.3 Å². The molecule has 1 saturated heterocycles. The van der Waals surface area contributed by atoms with Gasteiger partial charge in [0, 0.05) is 38.0 Å². The number of nitrogens with one attached hydrogen (secondary N) is 2. The summed E-state index contributed by atoms with van der Waals surface area (Å²) in [6, 6.07) is 5.99. The third-order valence-corrected chi connectivity index (χ3v) is 3.22. The molecule has 1 unspecified atom stereocenters. The second-order valence-corrected chi connectivity index (χ2v) is 4.85. The minimum atomic E-state index is 0.293. The molecule has 5 nitrogen and oxygen atoms in total. The van der Waals surface area contributed by atoms with Crippen LogP contribution in [0.3, 0.4) is 0 Å². The van der Waals surface area contributed by atoms with Crippen molar-refractivity contribution in [3.05, 3.63) is 30.1 Å². The topological polar surface area (TPSA) is 58.5 Å². The summed E-state index contributed by atoms with van der Waals surface area (Å²) in [4.78, 5) is 8.89. The minimum absolute atomic E-state index is 0.293. The fourth-order valence-corrected chi connectivity index (χ4v) is 2.18. The highest BCUT2D eigenvalue weighted by molar-refractivity contribution is 5.79. The Morgan fingerprint density at radius 3 is 3.10 bits per heavy atom. The molecule has 110 valence electrons. The summed E-state index contributed by atoms with van der Waals surface area (Å²) in [7, 11) is 0. The molecule has 5 heteroatoms. The molecule has 1 aromatic rings. The van der Waals surface area contributed by atoms with E-state index >= 15 is 0 Å². The fraction of sp³-hybridized carbons (Fsp3) is 0.600. The zero-order chi connectivity index (χ0) is 14.0. The van der Waals surface area contributed by atoms with Gasteiger partial charge in [-0.1, -0.05) is 6.07 Å². The third-order valence-electron chi connectivity index (χ3n) is 3.22. The minimum Gasteiger partial charge on any atom is -0.376 e. The molecule has 0 aromatic carbocycles. The Balaban J connectivity index is 1.74. The summed E-state index contributed by atoms with van der Waals surface area (Å²) in [5.74, 6) is 0.860. The van der Waals surface area contributed by atoms with Gasteiger partial charge in [0.2, 0.25) is 0 Å². The smallest absolute Gasteiger partial charge is 0.191 e. The Morgan fingerprint density at radius 1 is 1.45 bits per heavy atom. The van der Waals surface area contributed by atoms with Crippen molar-refractivity contribution in [1.29, 1.82) is 0 Å². The van der Waals surface area contributed by atoms with E-state index in [0.717, 1.165) is 57.2 Å². The van der Waals surface area contributed by atoms with E-state index in [1.807, 2.05) is 24.4 Å². The first-order valence-electron chi connectivity index (χ1n) is 7.42.